The van der Waals surface area contributed by atoms with E-state index in [2.05, 4.69) is 5.32 Å². The average Bonchev–Trinajstić information content (AvgIpc) is 2.45. The second-order valence-corrected chi connectivity index (χ2v) is 4.43. The largest absolute Gasteiger partial charge is 0.312 e. The standard InChI is InChI=1S/C16H14F2N2/c17-15-6-5-13(10-19)14(9-15)11-20-8-7-12-3-1-2-4-16(12)18/h1-6,9,20H,7-8,11H2. The Labute approximate surface area is 116 Å². The topological polar surface area (TPSA) is 35.8 Å². The minimum absolute atomic E-state index is 0.224. The third kappa shape index (κ3) is 3.62. The van der Waals surface area contributed by atoms with Gasteiger partial charge in [-0.1, -0.05) is 18.2 Å². The van der Waals surface area contributed by atoms with E-state index in [1.54, 1.807) is 18.2 Å². The lowest BCUT2D eigenvalue weighted by atomic mass is 10.1. The van der Waals surface area contributed by atoms with Crippen LogP contribution in [0.25, 0.3) is 0 Å². The summed E-state index contributed by atoms with van der Waals surface area (Å²) in [6.45, 7) is 0.942. The molecule has 0 fully saturated rings. The van der Waals surface area contributed by atoms with E-state index >= 15 is 0 Å². The van der Waals surface area contributed by atoms with Crippen LogP contribution in [0.4, 0.5) is 8.78 Å². The lowest BCUT2D eigenvalue weighted by molar-refractivity contribution is 0.596. The summed E-state index contributed by atoms with van der Waals surface area (Å²) in [7, 11) is 0. The molecule has 2 nitrogen and oxygen atoms in total. The second-order valence-electron chi connectivity index (χ2n) is 4.43. The highest BCUT2D eigenvalue weighted by atomic mass is 19.1. The highest BCUT2D eigenvalue weighted by Gasteiger charge is 2.04. The summed E-state index contributed by atoms with van der Waals surface area (Å²) in [4.78, 5) is 0. The number of halogens is 2. The zero-order valence-corrected chi connectivity index (χ0v) is 10.9. The van der Waals surface area contributed by atoms with E-state index in [1.165, 1.54) is 24.3 Å². The predicted molar refractivity (Wildman–Crippen MR) is 72.9 cm³/mol. The first-order valence-corrected chi connectivity index (χ1v) is 6.33. The molecule has 0 spiro atoms. The van der Waals surface area contributed by atoms with E-state index in [0.717, 1.165) is 0 Å². The van der Waals surface area contributed by atoms with Crippen molar-refractivity contribution in [2.24, 2.45) is 0 Å². The van der Waals surface area contributed by atoms with Crippen LogP contribution in [-0.4, -0.2) is 6.54 Å². The van der Waals surface area contributed by atoms with Crippen molar-refractivity contribution in [3.8, 4) is 6.07 Å². The molecule has 102 valence electrons. The van der Waals surface area contributed by atoms with Crippen molar-refractivity contribution in [2.45, 2.75) is 13.0 Å². The van der Waals surface area contributed by atoms with Gasteiger partial charge in [-0.15, -0.1) is 0 Å². The summed E-state index contributed by atoms with van der Waals surface area (Å²) in [5, 5.41) is 12.0. The van der Waals surface area contributed by atoms with Gasteiger partial charge in [-0.2, -0.15) is 5.26 Å². The maximum Gasteiger partial charge on any atom is 0.126 e. The van der Waals surface area contributed by atoms with Gasteiger partial charge in [-0.25, -0.2) is 8.78 Å². The summed E-state index contributed by atoms with van der Waals surface area (Å²) in [5.74, 6) is -0.590. The molecule has 0 unspecified atom stereocenters. The van der Waals surface area contributed by atoms with Gasteiger partial charge in [0.2, 0.25) is 0 Å². The molecule has 0 aliphatic carbocycles. The first kappa shape index (κ1) is 14.2. The van der Waals surface area contributed by atoms with E-state index < -0.39 is 0 Å². The first-order valence-electron chi connectivity index (χ1n) is 6.33. The summed E-state index contributed by atoms with van der Waals surface area (Å²) < 4.78 is 26.5. The molecule has 0 amide bonds. The maximum atomic E-state index is 13.4. The Morgan fingerprint density at radius 1 is 1.05 bits per heavy atom. The van der Waals surface area contributed by atoms with Crippen molar-refractivity contribution in [1.82, 2.24) is 5.32 Å². The number of hydrogen-bond donors (Lipinski definition) is 1. The van der Waals surface area contributed by atoms with E-state index in [9.17, 15) is 8.78 Å². The Morgan fingerprint density at radius 2 is 1.85 bits per heavy atom. The Morgan fingerprint density at radius 3 is 2.60 bits per heavy atom. The van der Waals surface area contributed by atoms with Gasteiger partial charge in [0.25, 0.3) is 0 Å². The Balaban J connectivity index is 1.89. The molecule has 0 atom stereocenters. The van der Waals surface area contributed by atoms with Crippen LogP contribution in [0.3, 0.4) is 0 Å². The monoisotopic (exact) mass is 272 g/mol. The fourth-order valence-electron chi connectivity index (χ4n) is 1.96. The number of nitriles is 1. The molecule has 0 saturated heterocycles. The van der Waals surface area contributed by atoms with Crippen LogP contribution >= 0.6 is 0 Å². The lowest BCUT2D eigenvalue weighted by Crippen LogP contribution is -2.18. The molecular weight excluding hydrogens is 258 g/mol. The van der Waals surface area contributed by atoms with Crippen LogP contribution in [0.5, 0.6) is 0 Å². The molecule has 0 aromatic heterocycles. The Kier molecular flexibility index (Phi) is 4.80. The van der Waals surface area contributed by atoms with Gasteiger partial charge in [-0.05, 0) is 48.4 Å². The van der Waals surface area contributed by atoms with Crippen LogP contribution in [0.1, 0.15) is 16.7 Å². The highest BCUT2D eigenvalue weighted by molar-refractivity contribution is 5.37. The number of hydrogen-bond acceptors (Lipinski definition) is 2. The smallest absolute Gasteiger partial charge is 0.126 e. The number of rotatable bonds is 5. The zero-order chi connectivity index (χ0) is 14.4. The molecule has 2 rings (SSSR count). The summed E-state index contributed by atoms with van der Waals surface area (Å²) in [6, 6.07) is 12.7. The molecule has 20 heavy (non-hydrogen) atoms. The third-order valence-corrected chi connectivity index (χ3v) is 3.03. The zero-order valence-electron chi connectivity index (χ0n) is 10.9. The predicted octanol–water partition coefficient (Wildman–Crippen LogP) is 3.17. The van der Waals surface area contributed by atoms with E-state index in [4.69, 9.17) is 5.26 Å². The van der Waals surface area contributed by atoms with Crippen molar-refractivity contribution in [3.05, 3.63) is 70.8 Å². The fourth-order valence-corrected chi connectivity index (χ4v) is 1.96. The van der Waals surface area contributed by atoms with Gasteiger partial charge in [0, 0.05) is 6.54 Å². The maximum absolute atomic E-state index is 13.4. The molecule has 0 aliphatic rings. The van der Waals surface area contributed by atoms with Gasteiger partial charge < -0.3 is 5.32 Å². The molecule has 4 heteroatoms. The van der Waals surface area contributed by atoms with E-state index in [-0.39, 0.29) is 11.6 Å². The number of benzene rings is 2. The van der Waals surface area contributed by atoms with Crippen LogP contribution in [0.2, 0.25) is 0 Å². The third-order valence-electron chi connectivity index (χ3n) is 3.03. The quantitative estimate of drug-likeness (QED) is 0.849. The lowest BCUT2D eigenvalue weighted by Gasteiger charge is -2.07. The van der Waals surface area contributed by atoms with E-state index in [1.807, 2.05) is 6.07 Å². The highest BCUT2D eigenvalue weighted by Crippen LogP contribution is 2.10. The van der Waals surface area contributed by atoms with Crippen LogP contribution < -0.4 is 5.32 Å². The van der Waals surface area contributed by atoms with E-state index in [0.29, 0.717) is 36.2 Å². The number of nitrogens with zero attached hydrogens (tertiary/aromatic N) is 1. The van der Waals surface area contributed by atoms with Crippen molar-refractivity contribution >= 4 is 0 Å². The van der Waals surface area contributed by atoms with Gasteiger partial charge in [-0.3, -0.25) is 0 Å². The van der Waals surface area contributed by atoms with Crippen LogP contribution in [-0.2, 0) is 13.0 Å². The summed E-state index contributed by atoms with van der Waals surface area (Å²) >= 11 is 0. The number of nitrogens with one attached hydrogen (secondary N) is 1. The Bertz CT molecular complexity index is 633. The molecule has 0 bridgehead atoms. The minimum atomic E-state index is -0.366. The first-order chi connectivity index (χ1) is 9.70. The van der Waals surface area contributed by atoms with Crippen molar-refractivity contribution in [2.75, 3.05) is 6.54 Å². The Hall–Kier alpha value is -2.25. The van der Waals surface area contributed by atoms with Gasteiger partial charge >= 0.3 is 0 Å². The SMILES string of the molecule is N#Cc1ccc(F)cc1CNCCc1ccccc1F. The second kappa shape index (κ2) is 6.78. The summed E-state index contributed by atoms with van der Waals surface area (Å²) in [6.07, 6.45) is 0.546. The normalized spacial score (nSPS) is 10.2. The molecule has 2 aromatic carbocycles. The van der Waals surface area contributed by atoms with Crippen LogP contribution in [0, 0.1) is 23.0 Å². The van der Waals surface area contributed by atoms with Gasteiger partial charge in [0.05, 0.1) is 11.6 Å². The molecule has 0 radical (unpaired) electrons. The van der Waals surface area contributed by atoms with Gasteiger partial charge in [0.15, 0.2) is 0 Å². The summed E-state index contributed by atoms with van der Waals surface area (Å²) in [5.41, 5.74) is 1.70. The van der Waals surface area contributed by atoms with Crippen LogP contribution in [0.15, 0.2) is 42.5 Å². The molecule has 0 saturated carbocycles. The molecule has 0 heterocycles. The average molecular weight is 272 g/mol. The van der Waals surface area contributed by atoms with Crippen molar-refractivity contribution in [3.63, 3.8) is 0 Å². The van der Waals surface area contributed by atoms with Crippen molar-refractivity contribution < 1.29 is 8.78 Å². The fraction of sp³-hybridized carbons (Fsp3) is 0.188. The molecule has 1 N–H and O–H groups in total. The molecular formula is C16H14F2N2. The molecule has 0 aliphatic heterocycles. The van der Waals surface area contributed by atoms with Gasteiger partial charge in [0.1, 0.15) is 11.6 Å². The molecule has 2 aromatic rings. The minimum Gasteiger partial charge on any atom is -0.312 e. The van der Waals surface area contributed by atoms with Crippen molar-refractivity contribution in [1.29, 1.82) is 5.26 Å².